The van der Waals surface area contributed by atoms with E-state index in [1.54, 1.807) is 0 Å². The van der Waals surface area contributed by atoms with Gasteiger partial charge in [-0.3, -0.25) is 4.79 Å². The fourth-order valence-corrected chi connectivity index (χ4v) is 2.53. The normalized spacial score (nSPS) is 18.5. The summed E-state index contributed by atoms with van der Waals surface area (Å²) in [5.74, 6) is -6.31. The van der Waals surface area contributed by atoms with E-state index >= 15 is 0 Å². The number of esters is 1. The van der Waals surface area contributed by atoms with Crippen LogP contribution in [0, 0.1) is 5.92 Å². The van der Waals surface area contributed by atoms with Crippen LogP contribution in [0.5, 0.6) is 0 Å². The van der Waals surface area contributed by atoms with Crippen LogP contribution in [0.25, 0.3) is 0 Å². The van der Waals surface area contributed by atoms with Gasteiger partial charge in [0.15, 0.2) is 10.1 Å². The van der Waals surface area contributed by atoms with Crippen LogP contribution in [0.4, 0.5) is 17.6 Å². The topological polar surface area (TPSA) is 83.5 Å². The number of hydrogen-bond donors (Lipinski definition) is 0. The molecular formula is C11H15F4O5S-. The van der Waals surface area contributed by atoms with Crippen LogP contribution in [0.3, 0.4) is 0 Å². The fourth-order valence-electron chi connectivity index (χ4n) is 2.06. The Hall–Kier alpha value is -0.900. The van der Waals surface area contributed by atoms with E-state index in [4.69, 9.17) is 0 Å². The van der Waals surface area contributed by atoms with Gasteiger partial charge in [0.1, 0.15) is 0 Å². The molecule has 0 heterocycles. The molecule has 1 fully saturated rings. The maximum absolute atomic E-state index is 13.1. The predicted octanol–water partition coefficient (Wildman–Crippen LogP) is 2.27. The van der Waals surface area contributed by atoms with Crippen LogP contribution in [-0.4, -0.2) is 36.7 Å². The zero-order valence-electron chi connectivity index (χ0n) is 11.0. The minimum atomic E-state index is -6.51. The summed E-state index contributed by atoms with van der Waals surface area (Å²) >= 11 is 0. The number of alkyl halides is 4. The zero-order chi connectivity index (χ0) is 16.3. The Bertz CT molecular complexity index is 471. The standard InChI is InChI=1S/C11H16F4O5S/c12-10(13,11(14,15)21(17,18)19)6-7-20-9(16)8-4-2-1-3-5-8/h8H,1-7H2,(H,17,18,19)/p-1. The summed E-state index contributed by atoms with van der Waals surface area (Å²) < 4.78 is 86.7. The van der Waals surface area contributed by atoms with Gasteiger partial charge in [-0.2, -0.15) is 17.6 Å². The van der Waals surface area contributed by atoms with E-state index in [1.165, 1.54) is 0 Å². The molecule has 0 bridgehead atoms. The van der Waals surface area contributed by atoms with E-state index in [2.05, 4.69) is 4.74 Å². The lowest BCUT2D eigenvalue weighted by Crippen LogP contribution is -2.47. The molecule has 0 aromatic rings. The van der Waals surface area contributed by atoms with Gasteiger partial charge in [-0.25, -0.2) is 8.42 Å². The smallest absolute Gasteiger partial charge is 0.396 e. The molecule has 0 unspecified atom stereocenters. The van der Waals surface area contributed by atoms with E-state index in [0.29, 0.717) is 12.8 Å². The summed E-state index contributed by atoms with van der Waals surface area (Å²) in [4.78, 5) is 11.5. The highest BCUT2D eigenvalue weighted by Gasteiger charge is 2.61. The van der Waals surface area contributed by atoms with Gasteiger partial charge < -0.3 is 9.29 Å². The van der Waals surface area contributed by atoms with Crippen molar-refractivity contribution in [2.45, 2.75) is 49.7 Å². The van der Waals surface area contributed by atoms with Crippen molar-refractivity contribution >= 4 is 16.1 Å². The zero-order valence-corrected chi connectivity index (χ0v) is 11.8. The predicted molar refractivity (Wildman–Crippen MR) is 61.7 cm³/mol. The van der Waals surface area contributed by atoms with Gasteiger partial charge in [-0.1, -0.05) is 19.3 Å². The largest absolute Gasteiger partial charge is 0.743 e. The Morgan fingerprint density at radius 1 is 1.14 bits per heavy atom. The average molecular weight is 335 g/mol. The molecule has 0 saturated heterocycles. The van der Waals surface area contributed by atoms with E-state index < -0.39 is 46.2 Å². The molecular weight excluding hydrogens is 320 g/mol. The molecule has 5 nitrogen and oxygen atoms in total. The van der Waals surface area contributed by atoms with Gasteiger partial charge in [-0.15, -0.1) is 0 Å². The van der Waals surface area contributed by atoms with Crippen LogP contribution >= 0.6 is 0 Å². The molecule has 0 radical (unpaired) electrons. The Morgan fingerprint density at radius 3 is 2.14 bits per heavy atom. The molecule has 124 valence electrons. The highest BCUT2D eigenvalue weighted by atomic mass is 32.2. The molecule has 0 spiro atoms. The van der Waals surface area contributed by atoms with Gasteiger partial charge in [0.2, 0.25) is 0 Å². The number of rotatable bonds is 6. The fraction of sp³-hybridized carbons (Fsp3) is 0.909. The molecule has 0 N–H and O–H groups in total. The number of halogens is 4. The quantitative estimate of drug-likeness (QED) is 0.422. The number of carbonyl (C=O) groups is 1. The van der Waals surface area contributed by atoms with E-state index in [1.807, 2.05) is 0 Å². The molecule has 1 saturated carbocycles. The Labute approximate surface area is 119 Å². The molecule has 10 heteroatoms. The molecule has 0 atom stereocenters. The Kier molecular flexibility index (Phi) is 5.59. The molecule has 0 aromatic heterocycles. The minimum absolute atomic E-state index is 0.448. The van der Waals surface area contributed by atoms with E-state index in [0.717, 1.165) is 19.3 Å². The van der Waals surface area contributed by atoms with Gasteiger partial charge >= 0.3 is 17.1 Å². The maximum Gasteiger partial charge on any atom is 0.396 e. The summed E-state index contributed by atoms with van der Waals surface area (Å²) in [5.41, 5.74) is 0. The van der Waals surface area contributed by atoms with Gasteiger partial charge in [-0.05, 0) is 12.8 Å². The lowest BCUT2D eigenvalue weighted by Gasteiger charge is -2.28. The van der Waals surface area contributed by atoms with Crippen LogP contribution in [0.2, 0.25) is 0 Å². The van der Waals surface area contributed by atoms with Crippen molar-refractivity contribution in [3.05, 3.63) is 0 Å². The van der Waals surface area contributed by atoms with Crippen LogP contribution in [-0.2, 0) is 19.6 Å². The lowest BCUT2D eigenvalue weighted by atomic mass is 9.89. The third-order valence-electron chi connectivity index (χ3n) is 3.34. The highest BCUT2D eigenvalue weighted by Crippen LogP contribution is 2.40. The molecule has 1 aliphatic carbocycles. The Balaban J connectivity index is 2.52. The molecule has 21 heavy (non-hydrogen) atoms. The van der Waals surface area contributed by atoms with Gasteiger partial charge in [0.25, 0.3) is 0 Å². The van der Waals surface area contributed by atoms with Crippen molar-refractivity contribution in [1.82, 2.24) is 0 Å². The Morgan fingerprint density at radius 2 is 1.67 bits per heavy atom. The number of ether oxygens (including phenoxy) is 1. The first-order valence-electron chi connectivity index (χ1n) is 6.37. The second kappa shape index (κ2) is 6.47. The summed E-state index contributed by atoms with van der Waals surface area (Å²) in [5, 5.41) is -5.74. The average Bonchev–Trinajstić information content (AvgIpc) is 2.38. The maximum atomic E-state index is 13.1. The molecule has 0 amide bonds. The van der Waals surface area contributed by atoms with Crippen molar-refractivity contribution in [2.75, 3.05) is 6.61 Å². The van der Waals surface area contributed by atoms with Crippen LogP contribution in [0.1, 0.15) is 38.5 Å². The highest BCUT2D eigenvalue weighted by molar-refractivity contribution is 7.86. The van der Waals surface area contributed by atoms with Crippen molar-refractivity contribution < 1.29 is 40.1 Å². The monoisotopic (exact) mass is 335 g/mol. The third-order valence-corrected chi connectivity index (χ3v) is 4.27. The summed E-state index contributed by atoms with van der Waals surface area (Å²) in [7, 11) is -6.51. The lowest BCUT2D eigenvalue weighted by molar-refractivity contribution is -0.176. The molecule has 1 aliphatic rings. The summed E-state index contributed by atoms with van der Waals surface area (Å²) in [6, 6.07) is 0. The molecule has 0 aromatic carbocycles. The van der Waals surface area contributed by atoms with Gasteiger partial charge in [0.05, 0.1) is 18.9 Å². The van der Waals surface area contributed by atoms with Crippen molar-refractivity contribution in [3.8, 4) is 0 Å². The van der Waals surface area contributed by atoms with E-state index in [9.17, 15) is 35.3 Å². The molecule has 1 rings (SSSR count). The third kappa shape index (κ3) is 4.29. The van der Waals surface area contributed by atoms with Gasteiger partial charge in [0, 0.05) is 0 Å². The molecule has 0 aliphatic heterocycles. The summed E-state index contributed by atoms with van der Waals surface area (Å²) in [6.45, 7) is -1.08. The first kappa shape index (κ1) is 18.1. The van der Waals surface area contributed by atoms with Crippen molar-refractivity contribution in [3.63, 3.8) is 0 Å². The second-order valence-corrected chi connectivity index (χ2v) is 6.35. The number of hydrogen-bond acceptors (Lipinski definition) is 5. The first-order chi connectivity index (χ1) is 9.49. The SMILES string of the molecule is O=C(OCCC(F)(F)C(F)(F)S(=O)(=O)[O-])C1CCCCC1. The second-order valence-electron chi connectivity index (χ2n) is 4.93. The minimum Gasteiger partial charge on any atom is -0.743 e. The van der Waals surface area contributed by atoms with Crippen molar-refractivity contribution in [1.29, 1.82) is 0 Å². The van der Waals surface area contributed by atoms with Crippen LogP contribution < -0.4 is 0 Å². The number of carbonyl (C=O) groups excluding carboxylic acids is 1. The van der Waals surface area contributed by atoms with Crippen LogP contribution in [0.15, 0.2) is 0 Å². The summed E-state index contributed by atoms with van der Waals surface area (Å²) in [6.07, 6.45) is 1.89. The van der Waals surface area contributed by atoms with Crippen molar-refractivity contribution in [2.24, 2.45) is 5.92 Å². The van der Waals surface area contributed by atoms with E-state index in [-0.39, 0.29) is 0 Å². The first-order valence-corrected chi connectivity index (χ1v) is 7.77.